The van der Waals surface area contributed by atoms with Crippen LogP contribution in [0.2, 0.25) is 0 Å². The molecular formula is C15H18N4O2. The Morgan fingerprint density at radius 2 is 2.00 bits per heavy atom. The fourth-order valence-electron chi connectivity index (χ4n) is 1.98. The van der Waals surface area contributed by atoms with E-state index in [0.29, 0.717) is 11.3 Å². The molecule has 6 heteroatoms. The number of aromatic nitrogens is 2. The molecule has 1 heterocycles. The number of imidazole rings is 1. The van der Waals surface area contributed by atoms with Crippen molar-refractivity contribution in [3.05, 3.63) is 48.0 Å². The lowest BCUT2D eigenvalue weighted by molar-refractivity contribution is -0.114. The summed E-state index contributed by atoms with van der Waals surface area (Å²) in [5, 5.41) is 5.59. The van der Waals surface area contributed by atoms with E-state index in [9.17, 15) is 9.59 Å². The van der Waals surface area contributed by atoms with Gasteiger partial charge in [0.05, 0.1) is 6.04 Å². The van der Waals surface area contributed by atoms with Crippen molar-refractivity contribution in [3.8, 4) is 0 Å². The van der Waals surface area contributed by atoms with Crippen LogP contribution in [0.1, 0.15) is 42.5 Å². The highest BCUT2D eigenvalue weighted by Crippen LogP contribution is 2.14. The molecule has 0 aliphatic heterocycles. The first-order valence-electron chi connectivity index (χ1n) is 6.78. The number of rotatable bonds is 5. The molecule has 0 fully saturated rings. The number of amides is 2. The molecule has 21 heavy (non-hydrogen) atoms. The molecule has 1 aromatic heterocycles. The van der Waals surface area contributed by atoms with Crippen molar-refractivity contribution in [2.24, 2.45) is 0 Å². The van der Waals surface area contributed by atoms with Gasteiger partial charge in [0.2, 0.25) is 5.91 Å². The van der Waals surface area contributed by atoms with Gasteiger partial charge in [0.15, 0.2) is 0 Å². The largest absolute Gasteiger partial charge is 0.347 e. The molecule has 0 aliphatic rings. The maximum Gasteiger partial charge on any atom is 0.251 e. The summed E-state index contributed by atoms with van der Waals surface area (Å²) in [5.41, 5.74) is 1.20. The van der Waals surface area contributed by atoms with Gasteiger partial charge in [-0.15, -0.1) is 0 Å². The zero-order valence-corrected chi connectivity index (χ0v) is 12.0. The molecule has 2 amide bonds. The number of hydrogen-bond donors (Lipinski definition) is 3. The lowest BCUT2D eigenvalue weighted by Gasteiger charge is -2.14. The predicted molar refractivity (Wildman–Crippen MR) is 79.8 cm³/mol. The molecule has 1 atom stereocenters. The SMILES string of the molecule is CCC(NC(=O)c1ccc(NC(C)=O)cc1)c1ncc[nH]1. The van der Waals surface area contributed by atoms with Crippen LogP contribution in [0.3, 0.4) is 0 Å². The van der Waals surface area contributed by atoms with E-state index in [4.69, 9.17) is 0 Å². The second-order valence-corrected chi connectivity index (χ2v) is 4.67. The molecule has 0 bridgehead atoms. The minimum atomic E-state index is -0.173. The summed E-state index contributed by atoms with van der Waals surface area (Å²) in [7, 11) is 0. The third-order valence-electron chi connectivity index (χ3n) is 3.03. The molecule has 1 unspecified atom stereocenters. The zero-order chi connectivity index (χ0) is 15.2. The van der Waals surface area contributed by atoms with Gasteiger partial charge in [0.1, 0.15) is 5.82 Å². The first-order valence-corrected chi connectivity index (χ1v) is 6.78. The van der Waals surface area contributed by atoms with Gasteiger partial charge in [-0.2, -0.15) is 0 Å². The Kier molecular flexibility index (Phi) is 4.71. The van der Waals surface area contributed by atoms with Gasteiger partial charge in [-0.05, 0) is 30.7 Å². The van der Waals surface area contributed by atoms with Crippen LogP contribution in [0.4, 0.5) is 5.69 Å². The van der Waals surface area contributed by atoms with Crippen molar-refractivity contribution in [2.75, 3.05) is 5.32 Å². The molecule has 1 aromatic carbocycles. The molecule has 2 rings (SSSR count). The van der Waals surface area contributed by atoms with E-state index >= 15 is 0 Å². The highest BCUT2D eigenvalue weighted by atomic mass is 16.2. The van der Waals surface area contributed by atoms with Gasteiger partial charge in [-0.3, -0.25) is 9.59 Å². The van der Waals surface area contributed by atoms with E-state index in [-0.39, 0.29) is 17.9 Å². The second-order valence-electron chi connectivity index (χ2n) is 4.67. The number of anilines is 1. The van der Waals surface area contributed by atoms with Crippen molar-refractivity contribution in [3.63, 3.8) is 0 Å². The monoisotopic (exact) mass is 286 g/mol. The Balaban J connectivity index is 2.04. The van der Waals surface area contributed by atoms with Crippen LogP contribution in [0.5, 0.6) is 0 Å². The minimum absolute atomic E-state index is 0.143. The van der Waals surface area contributed by atoms with Crippen LogP contribution in [0.25, 0.3) is 0 Å². The lowest BCUT2D eigenvalue weighted by atomic mass is 10.1. The quantitative estimate of drug-likeness (QED) is 0.787. The number of nitrogens with zero attached hydrogens (tertiary/aromatic N) is 1. The third-order valence-corrected chi connectivity index (χ3v) is 3.03. The van der Waals surface area contributed by atoms with Crippen LogP contribution >= 0.6 is 0 Å². The number of carbonyl (C=O) groups is 2. The Labute approximate surface area is 123 Å². The van der Waals surface area contributed by atoms with Crippen LogP contribution in [0.15, 0.2) is 36.7 Å². The average molecular weight is 286 g/mol. The van der Waals surface area contributed by atoms with Gasteiger partial charge < -0.3 is 15.6 Å². The summed E-state index contributed by atoms with van der Waals surface area (Å²) in [6, 6.07) is 6.60. The van der Waals surface area contributed by atoms with Gasteiger partial charge in [0.25, 0.3) is 5.91 Å². The van der Waals surface area contributed by atoms with Crippen molar-refractivity contribution in [1.82, 2.24) is 15.3 Å². The molecular weight excluding hydrogens is 268 g/mol. The molecule has 0 saturated carbocycles. The second kappa shape index (κ2) is 6.69. The van der Waals surface area contributed by atoms with Gasteiger partial charge >= 0.3 is 0 Å². The normalized spacial score (nSPS) is 11.7. The molecule has 0 aliphatic carbocycles. The van der Waals surface area contributed by atoms with E-state index in [1.165, 1.54) is 6.92 Å². The predicted octanol–water partition coefficient (Wildman–Crippen LogP) is 2.25. The molecule has 3 N–H and O–H groups in total. The third kappa shape index (κ3) is 3.92. The number of aromatic amines is 1. The number of benzene rings is 1. The lowest BCUT2D eigenvalue weighted by Crippen LogP contribution is -2.28. The van der Waals surface area contributed by atoms with Crippen LogP contribution in [-0.4, -0.2) is 21.8 Å². The fraction of sp³-hybridized carbons (Fsp3) is 0.267. The van der Waals surface area contributed by atoms with Gasteiger partial charge in [-0.1, -0.05) is 6.92 Å². The Bertz CT molecular complexity index is 605. The van der Waals surface area contributed by atoms with Crippen LogP contribution in [0, 0.1) is 0 Å². The molecule has 2 aromatic rings. The topological polar surface area (TPSA) is 86.9 Å². The number of hydrogen-bond acceptors (Lipinski definition) is 3. The van der Waals surface area contributed by atoms with Crippen LogP contribution < -0.4 is 10.6 Å². The smallest absolute Gasteiger partial charge is 0.251 e. The number of H-pyrrole nitrogens is 1. The van der Waals surface area contributed by atoms with E-state index in [0.717, 1.165) is 12.2 Å². The Morgan fingerprint density at radius 3 is 2.52 bits per heavy atom. The minimum Gasteiger partial charge on any atom is -0.347 e. The summed E-state index contributed by atoms with van der Waals surface area (Å²) < 4.78 is 0. The molecule has 0 saturated heterocycles. The molecule has 0 spiro atoms. The first kappa shape index (κ1) is 14.8. The standard InChI is InChI=1S/C15H18N4O2/c1-3-13(14-16-8-9-17-14)19-15(21)11-4-6-12(7-5-11)18-10(2)20/h4-9,13H,3H2,1-2H3,(H,16,17)(H,18,20)(H,19,21). The summed E-state index contributed by atoms with van der Waals surface area (Å²) >= 11 is 0. The number of carbonyl (C=O) groups excluding carboxylic acids is 2. The Morgan fingerprint density at radius 1 is 1.29 bits per heavy atom. The van der Waals surface area contributed by atoms with E-state index in [1.54, 1.807) is 36.7 Å². The number of nitrogens with one attached hydrogen (secondary N) is 3. The summed E-state index contributed by atoms with van der Waals surface area (Å²) in [4.78, 5) is 30.3. The van der Waals surface area contributed by atoms with Crippen molar-refractivity contribution >= 4 is 17.5 Å². The summed E-state index contributed by atoms with van der Waals surface area (Å²) in [5.74, 6) is 0.421. The molecule has 6 nitrogen and oxygen atoms in total. The molecule has 110 valence electrons. The van der Waals surface area contributed by atoms with E-state index in [2.05, 4.69) is 20.6 Å². The average Bonchev–Trinajstić information content (AvgIpc) is 2.98. The van der Waals surface area contributed by atoms with Gasteiger partial charge in [0, 0.05) is 30.6 Å². The maximum absolute atomic E-state index is 12.2. The van der Waals surface area contributed by atoms with E-state index in [1.807, 2.05) is 6.92 Å². The van der Waals surface area contributed by atoms with E-state index < -0.39 is 0 Å². The molecule has 0 radical (unpaired) electrons. The zero-order valence-electron chi connectivity index (χ0n) is 12.0. The highest BCUT2D eigenvalue weighted by Gasteiger charge is 2.15. The van der Waals surface area contributed by atoms with Crippen molar-refractivity contribution in [2.45, 2.75) is 26.3 Å². The summed E-state index contributed by atoms with van der Waals surface area (Å²) in [6.07, 6.45) is 4.13. The summed E-state index contributed by atoms with van der Waals surface area (Å²) in [6.45, 7) is 3.42. The first-order chi connectivity index (χ1) is 10.1. The van der Waals surface area contributed by atoms with Gasteiger partial charge in [-0.25, -0.2) is 4.98 Å². The van der Waals surface area contributed by atoms with Crippen molar-refractivity contribution < 1.29 is 9.59 Å². The maximum atomic E-state index is 12.2. The highest BCUT2D eigenvalue weighted by molar-refractivity contribution is 5.95. The Hall–Kier alpha value is -2.63. The van der Waals surface area contributed by atoms with Crippen molar-refractivity contribution in [1.29, 1.82) is 0 Å². The fourth-order valence-corrected chi connectivity index (χ4v) is 1.98. The van der Waals surface area contributed by atoms with Crippen LogP contribution in [-0.2, 0) is 4.79 Å².